The third-order valence-corrected chi connectivity index (χ3v) is 3.60. The van der Waals surface area contributed by atoms with E-state index in [2.05, 4.69) is 4.72 Å². The van der Waals surface area contributed by atoms with Crippen molar-refractivity contribution in [2.45, 2.75) is 32.9 Å². The van der Waals surface area contributed by atoms with Crippen LogP contribution in [0, 0.1) is 6.92 Å². The number of hydrogen-bond donors (Lipinski definition) is 1. The van der Waals surface area contributed by atoms with Crippen LogP contribution in [0.15, 0.2) is 18.2 Å². The summed E-state index contributed by atoms with van der Waals surface area (Å²) in [5.74, 6) is 0.871. The monoisotopic (exact) mass is 281 g/mol. The van der Waals surface area contributed by atoms with Gasteiger partial charge in [0.05, 0.1) is 6.26 Å². The lowest BCUT2D eigenvalue weighted by Crippen LogP contribution is -2.28. The lowest BCUT2D eigenvalue weighted by molar-refractivity contribution is 0.157. The molecular formula is C14H19NO3S. The second kappa shape index (κ2) is 4.65. The van der Waals surface area contributed by atoms with E-state index in [4.69, 9.17) is 4.74 Å². The third-order valence-electron chi connectivity index (χ3n) is 2.93. The van der Waals surface area contributed by atoms with Crippen molar-refractivity contribution in [2.24, 2.45) is 0 Å². The fraction of sp³-hybridized carbons (Fsp3) is 0.429. The van der Waals surface area contributed by atoms with E-state index in [1.54, 1.807) is 0 Å². The highest BCUT2D eigenvalue weighted by atomic mass is 32.2. The van der Waals surface area contributed by atoms with Gasteiger partial charge in [0, 0.05) is 12.1 Å². The van der Waals surface area contributed by atoms with E-state index in [9.17, 15) is 8.42 Å². The van der Waals surface area contributed by atoms with Crippen molar-refractivity contribution in [1.29, 1.82) is 0 Å². The smallest absolute Gasteiger partial charge is 0.209 e. The highest BCUT2D eigenvalue weighted by Gasteiger charge is 2.23. The lowest BCUT2D eigenvalue weighted by Gasteiger charge is -2.29. The topological polar surface area (TPSA) is 55.4 Å². The Hall–Kier alpha value is -1.33. The largest absolute Gasteiger partial charge is 0.483 e. The second-order valence-electron chi connectivity index (χ2n) is 5.46. The maximum absolute atomic E-state index is 11.1. The number of fused-ring (bicyclic) bond motifs is 1. The molecule has 4 nitrogen and oxygen atoms in total. The lowest BCUT2D eigenvalue weighted by atomic mass is 9.98. The van der Waals surface area contributed by atoms with Gasteiger partial charge in [-0.15, -0.1) is 0 Å². The first kappa shape index (κ1) is 14.1. The maximum Gasteiger partial charge on any atom is 0.209 e. The molecule has 1 aliphatic rings. The SMILES string of the molecule is Cc1cc(CNS(C)(=O)=O)cc2c1OC(C)(C)C=C2. The summed E-state index contributed by atoms with van der Waals surface area (Å²) in [6, 6.07) is 3.90. The Labute approximate surface area is 114 Å². The first-order valence-electron chi connectivity index (χ1n) is 6.13. The van der Waals surface area contributed by atoms with Crippen molar-refractivity contribution in [2.75, 3.05) is 6.26 Å². The Kier molecular flexibility index (Phi) is 3.45. The summed E-state index contributed by atoms with van der Waals surface area (Å²) in [7, 11) is -3.17. The van der Waals surface area contributed by atoms with Crippen LogP contribution in [-0.2, 0) is 16.6 Å². The van der Waals surface area contributed by atoms with Crippen LogP contribution in [0.5, 0.6) is 5.75 Å². The molecule has 0 saturated heterocycles. The minimum Gasteiger partial charge on any atom is -0.483 e. The zero-order valence-corrected chi connectivity index (χ0v) is 12.5. The Balaban J connectivity index is 2.30. The summed E-state index contributed by atoms with van der Waals surface area (Å²) < 4.78 is 30.6. The van der Waals surface area contributed by atoms with Gasteiger partial charge in [-0.3, -0.25) is 0 Å². The van der Waals surface area contributed by atoms with Gasteiger partial charge in [0.1, 0.15) is 11.4 Å². The van der Waals surface area contributed by atoms with E-state index in [1.165, 1.54) is 0 Å². The summed E-state index contributed by atoms with van der Waals surface area (Å²) >= 11 is 0. The molecule has 0 aliphatic carbocycles. The van der Waals surface area contributed by atoms with Gasteiger partial charge < -0.3 is 4.74 Å². The molecule has 0 unspecified atom stereocenters. The molecule has 0 radical (unpaired) electrons. The quantitative estimate of drug-likeness (QED) is 0.924. The van der Waals surface area contributed by atoms with Crippen LogP contribution in [0.2, 0.25) is 0 Å². The average molecular weight is 281 g/mol. The number of ether oxygens (including phenoxy) is 1. The molecule has 1 heterocycles. The van der Waals surface area contributed by atoms with Gasteiger partial charge in [-0.2, -0.15) is 0 Å². The molecule has 19 heavy (non-hydrogen) atoms. The molecule has 104 valence electrons. The Morgan fingerprint density at radius 2 is 2.00 bits per heavy atom. The molecule has 2 rings (SSSR count). The van der Waals surface area contributed by atoms with Crippen molar-refractivity contribution in [3.63, 3.8) is 0 Å². The van der Waals surface area contributed by atoms with E-state index in [-0.39, 0.29) is 5.60 Å². The molecule has 0 amide bonds. The number of benzene rings is 1. The molecule has 1 N–H and O–H groups in total. The molecule has 1 aliphatic heterocycles. The number of aryl methyl sites for hydroxylation is 1. The number of nitrogens with one attached hydrogen (secondary N) is 1. The first-order valence-corrected chi connectivity index (χ1v) is 8.02. The van der Waals surface area contributed by atoms with Gasteiger partial charge in [-0.1, -0.05) is 12.1 Å². The van der Waals surface area contributed by atoms with Crippen molar-refractivity contribution >= 4 is 16.1 Å². The standard InChI is InChI=1S/C14H19NO3S/c1-10-7-11(9-15-19(4,16)17)8-12-5-6-14(2,3)18-13(10)12/h5-8,15H,9H2,1-4H3. The predicted molar refractivity (Wildman–Crippen MR) is 76.6 cm³/mol. The molecule has 0 bridgehead atoms. The van der Waals surface area contributed by atoms with Crippen molar-refractivity contribution in [3.05, 3.63) is 34.9 Å². The molecule has 0 aromatic heterocycles. The summed E-state index contributed by atoms with van der Waals surface area (Å²) in [6.07, 6.45) is 5.18. The van der Waals surface area contributed by atoms with E-state index < -0.39 is 10.0 Å². The highest BCUT2D eigenvalue weighted by molar-refractivity contribution is 7.88. The minimum absolute atomic E-state index is 0.296. The van der Waals surface area contributed by atoms with Gasteiger partial charge in [-0.05, 0) is 44.0 Å². The van der Waals surface area contributed by atoms with Crippen molar-refractivity contribution < 1.29 is 13.2 Å². The second-order valence-corrected chi connectivity index (χ2v) is 7.30. The van der Waals surface area contributed by atoms with Gasteiger partial charge in [0.15, 0.2) is 0 Å². The third kappa shape index (κ3) is 3.58. The van der Waals surface area contributed by atoms with Gasteiger partial charge in [-0.25, -0.2) is 13.1 Å². The number of rotatable bonds is 3. The van der Waals surface area contributed by atoms with Gasteiger partial charge in [0.2, 0.25) is 10.0 Å². The maximum atomic E-state index is 11.1. The summed E-state index contributed by atoms with van der Waals surface area (Å²) in [4.78, 5) is 0. The van der Waals surface area contributed by atoms with Gasteiger partial charge >= 0.3 is 0 Å². The Morgan fingerprint density at radius 1 is 1.32 bits per heavy atom. The first-order chi connectivity index (χ1) is 8.66. The zero-order chi connectivity index (χ0) is 14.3. The molecule has 1 aromatic carbocycles. The molecule has 0 spiro atoms. The van der Waals surface area contributed by atoms with E-state index in [1.807, 2.05) is 45.1 Å². The Morgan fingerprint density at radius 3 is 2.63 bits per heavy atom. The fourth-order valence-electron chi connectivity index (χ4n) is 2.05. The summed E-state index contributed by atoms with van der Waals surface area (Å²) in [6.45, 7) is 6.28. The van der Waals surface area contributed by atoms with E-state index in [0.717, 1.165) is 28.7 Å². The molecule has 1 aromatic rings. The Bertz CT molecular complexity index is 630. The van der Waals surface area contributed by atoms with Crippen molar-refractivity contribution in [3.8, 4) is 5.75 Å². The van der Waals surface area contributed by atoms with Crippen LogP contribution in [0.4, 0.5) is 0 Å². The minimum atomic E-state index is -3.17. The zero-order valence-electron chi connectivity index (χ0n) is 11.6. The van der Waals surface area contributed by atoms with Crippen LogP contribution >= 0.6 is 0 Å². The van der Waals surface area contributed by atoms with E-state index in [0.29, 0.717) is 6.54 Å². The van der Waals surface area contributed by atoms with Crippen LogP contribution in [-0.4, -0.2) is 20.3 Å². The fourth-order valence-corrected chi connectivity index (χ4v) is 2.47. The number of sulfonamides is 1. The average Bonchev–Trinajstić information content (AvgIpc) is 2.26. The number of hydrogen-bond acceptors (Lipinski definition) is 3. The molecule has 5 heteroatoms. The highest BCUT2D eigenvalue weighted by Crippen LogP contribution is 2.34. The normalized spacial score (nSPS) is 16.8. The van der Waals surface area contributed by atoms with E-state index >= 15 is 0 Å². The molecular weight excluding hydrogens is 262 g/mol. The van der Waals surface area contributed by atoms with Crippen LogP contribution in [0.1, 0.15) is 30.5 Å². The summed E-state index contributed by atoms with van der Waals surface area (Å²) in [5.41, 5.74) is 2.63. The van der Waals surface area contributed by atoms with Crippen molar-refractivity contribution in [1.82, 2.24) is 4.72 Å². The summed E-state index contributed by atoms with van der Waals surface area (Å²) in [5, 5.41) is 0. The molecule has 0 atom stereocenters. The van der Waals surface area contributed by atoms with Gasteiger partial charge in [0.25, 0.3) is 0 Å². The van der Waals surface area contributed by atoms with Crippen LogP contribution in [0.3, 0.4) is 0 Å². The van der Waals surface area contributed by atoms with Crippen LogP contribution < -0.4 is 9.46 Å². The predicted octanol–water partition coefficient (Wildman–Crippen LogP) is 2.23. The van der Waals surface area contributed by atoms with Crippen LogP contribution in [0.25, 0.3) is 6.08 Å². The molecule has 0 saturated carbocycles. The molecule has 0 fully saturated rings.